The Morgan fingerprint density at radius 2 is 1.74 bits per heavy atom. The minimum atomic E-state index is -0.810. The molecule has 0 aliphatic heterocycles. The number of hydrazine groups is 1. The summed E-state index contributed by atoms with van der Waals surface area (Å²) in [6.45, 7) is 1.47. The first-order valence-corrected chi connectivity index (χ1v) is 6.21. The maximum absolute atomic E-state index is 11.6. The van der Waals surface area contributed by atoms with E-state index in [1.165, 1.54) is 19.1 Å². The molecule has 104 valence electrons. The Hall–Kier alpha value is -1.37. The fraction of sp³-hybridized carbons (Fsp3) is 0.200. The van der Waals surface area contributed by atoms with Gasteiger partial charge in [0.2, 0.25) is 0 Å². The van der Waals surface area contributed by atoms with E-state index < -0.39 is 18.0 Å². The summed E-state index contributed by atoms with van der Waals surface area (Å²) in [6.07, 6.45) is 0. The standard InChI is InChI=1S/C10H11Cl3N4O2/c1-4(15-10(14)19)9(18)17-16-8-6(12)2-5(11)3-7(8)13/h2-4,16H,1H3,(H,17,18)(H3,14,15,19). The zero-order valence-corrected chi connectivity index (χ0v) is 12.0. The summed E-state index contributed by atoms with van der Waals surface area (Å²) in [4.78, 5) is 22.2. The smallest absolute Gasteiger partial charge is 0.312 e. The van der Waals surface area contributed by atoms with Crippen molar-refractivity contribution in [3.05, 3.63) is 27.2 Å². The lowest BCUT2D eigenvalue weighted by atomic mass is 10.3. The Labute approximate surface area is 124 Å². The van der Waals surface area contributed by atoms with Gasteiger partial charge in [-0.1, -0.05) is 34.8 Å². The van der Waals surface area contributed by atoms with E-state index in [9.17, 15) is 9.59 Å². The SMILES string of the molecule is CC(NC(N)=O)C(=O)NNc1c(Cl)cc(Cl)cc1Cl. The topological polar surface area (TPSA) is 96.2 Å². The lowest BCUT2D eigenvalue weighted by Gasteiger charge is -2.15. The number of anilines is 1. The molecule has 0 aliphatic carbocycles. The number of carbonyl (C=O) groups is 2. The molecule has 0 saturated carbocycles. The first-order chi connectivity index (χ1) is 8.81. The van der Waals surface area contributed by atoms with Gasteiger partial charge >= 0.3 is 6.03 Å². The van der Waals surface area contributed by atoms with Crippen LogP contribution in [-0.2, 0) is 4.79 Å². The van der Waals surface area contributed by atoms with E-state index in [-0.39, 0.29) is 10.0 Å². The van der Waals surface area contributed by atoms with E-state index in [1.54, 1.807) is 0 Å². The van der Waals surface area contributed by atoms with Gasteiger partial charge in [0, 0.05) is 5.02 Å². The zero-order chi connectivity index (χ0) is 14.6. The highest BCUT2D eigenvalue weighted by Gasteiger charge is 2.15. The van der Waals surface area contributed by atoms with Gasteiger partial charge in [-0.25, -0.2) is 4.79 Å². The second-order valence-corrected chi connectivity index (χ2v) is 4.84. The molecule has 1 rings (SSSR count). The predicted molar refractivity (Wildman–Crippen MR) is 75.4 cm³/mol. The molecular formula is C10H11Cl3N4O2. The van der Waals surface area contributed by atoms with E-state index in [4.69, 9.17) is 40.5 Å². The highest BCUT2D eigenvalue weighted by molar-refractivity contribution is 6.41. The van der Waals surface area contributed by atoms with Gasteiger partial charge in [0.25, 0.3) is 5.91 Å². The van der Waals surface area contributed by atoms with Gasteiger partial charge in [-0.3, -0.25) is 15.6 Å². The largest absolute Gasteiger partial charge is 0.352 e. The van der Waals surface area contributed by atoms with Crippen LogP contribution < -0.4 is 21.9 Å². The second-order valence-electron chi connectivity index (χ2n) is 3.59. The molecule has 0 aromatic heterocycles. The third kappa shape index (κ3) is 4.66. The zero-order valence-electron chi connectivity index (χ0n) is 9.76. The Morgan fingerprint density at radius 1 is 1.21 bits per heavy atom. The highest BCUT2D eigenvalue weighted by atomic mass is 35.5. The highest BCUT2D eigenvalue weighted by Crippen LogP contribution is 2.32. The predicted octanol–water partition coefficient (Wildman–Crippen LogP) is 2.15. The van der Waals surface area contributed by atoms with E-state index in [2.05, 4.69) is 16.2 Å². The lowest BCUT2D eigenvalue weighted by molar-refractivity contribution is -0.122. The maximum atomic E-state index is 11.6. The molecule has 0 fully saturated rings. The molecule has 0 bridgehead atoms. The number of halogens is 3. The summed E-state index contributed by atoms with van der Waals surface area (Å²) in [5.74, 6) is -0.513. The van der Waals surface area contributed by atoms with Crippen LogP contribution >= 0.6 is 34.8 Å². The second kappa shape index (κ2) is 6.70. The average Bonchev–Trinajstić information content (AvgIpc) is 2.26. The lowest BCUT2D eigenvalue weighted by Crippen LogP contribution is -2.48. The molecule has 3 amide bonds. The summed E-state index contributed by atoms with van der Waals surface area (Å²) in [6, 6.07) is 1.32. The van der Waals surface area contributed by atoms with Gasteiger partial charge in [-0.2, -0.15) is 0 Å². The Bertz CT molecular complexity index is 487. The quantitative estimate of drug-likeness (QED) is 0.639. The summed E-state index contributed by atoms with van der Waals surface area (Å²) in [7, 11) is 0. The number of benzene rings is 1. The molecule has 19 heavy (non-hydrogen) atoms. The number of nitrogens with two attached hydrogens (primary N) is 1. The van der Waals surface area contributed by atoms with Crippen molar-refractivity contribution in [3.63, 3.8) is 0 Å². The van der Waals surface area contributed by atoms with Crippen molar-refractivity contribution >= 4 is 52.4 Å². The molecular weight excluding hydrogens is 314 g/mol. The van der Waals surface area contributed by atoms with Gasteiger partial charge in [0.1, 0.15) is 6.04 Å². The minimum absolute atomic E-state index is 0.244. The molecule has 5 N–H and O–H groups in total. The van der Waals surface area contributed by atoms with Gasteiger partial charge in [0.15, 0.2) is 0 Å². The molecule has 9 heteroatoms. The van der Waals surface area contributed by atoms with Crippen LogP contribution in [0.15, 0.2) is 12.1 Å². The van der Waals surface area contributed by atoms with Gasteiger partial charge in [-0.15, -0.1) is 0 Å². The van der Waals surface area contributed by atoms with Crippen molar-refractivity contribution in [2.24, 2.45) is 5.73 Å². The van der Waals surface area contributed by atoms with Crippen LogP contribution in [-0.4, -0.2) is 18.0 Å². The third-order valence-electron chi connectivity index (χ3n) is 2.07. The number of urea groups is 1. The fourth-order valence-corrected chi connectivity index (χ4v) is 2.08. The minimum Gasteiger partial charge on any atom is -0.352 e. The Kier molecular flexibility index (Phi) is 5.53. The van der Waals surface area contributed by atoms with Crippen LogP contribution in [0.25, 0.3) is 0 Å². The van der Waals surface area contributed by atoms with Crippen LogP contribution in [0.2, 0.25) is 15.1 Å². The van der Waals surface area contributed by atoms with Crippen molar-refractivity contribution in [1.82, 2.24) is 10.7 Å². The third-order valence-corrected chi connectivity index (χ3v) is 2.88. The van der Waals surface area contributed by atoms with Crippen molar-refractivity contribution in [3.8, 4) is 0 Å². The molecule has 0 aliphatic rings. The molecule has 0 saturated heterocycles. The first kappa shape index (κ1) is 15.7. The summed E-state index contributed by atoms with van der Waals surface area (Å²) < 4.78 is 0. The van der Waals surface area contributed by atoms with Crippen molar-refractivity contribution < 1.29 is 9.59 Å². The van der Waals surface area contributed by atoms with Crippen molar-refractivity contribution in [2.75, 3.05) is 5.43 Å². The number of primary amides is 1. The van der Waals surface area contributed by atoms with Crippen LogP contribution in [0, 0.1) is 0 Å². The Balaban J connectivity index is 2.67. The number of hydrogen-bond donors (Lipinski definition) is 4. The summed E-state index contributed by atoms with van der Waals surface area (Å²) >= 11 is 17.6. The van der Waals surface area contributed by atoms with Crippen LogP contribution in [0.1, 0.15) is 6.92 Å². The van der Waals surface area contributed by atoms with Crippen LogP contribution in [0.3, 0.4) is 0 Å². The maximum Gasteiger partial charge on any atom is 0.312 e. The Morgan fingerprint density at radius 3 is 2.21 bits per heavy atom. The average molecular weight is 326 g/mol. The van der Waals surface area contributed by atoms with Crippen LogP contribution in [0.5, 0.6) is 0 Å². The van der Waals surface area contributed by atoms with E-state index in [0.717, 1.165) is 0 Å². The van der Waals surface area contributed by atoms with E-state index in [1.807, 2.05) is 0 Å². The first-order valence-electron chi connectivity index (χ1n) is 5.07. The van der Waals surface area contributed by atoms with Crippen molar-refractivity contribution in [2.45, 2.75) is 13.0 Å². The molecule has 1 unspecified atom stereocenters. The number of amides is 3. The summed E-state index contributed by atoms with van der Waals surface area (Å²) in [5.41, 5.74) is 10.1. The van der Waals surface area contributed by atoms with Gasteiger partial charge in [-0.05, 0) is 19.1 Å². The van der Waals surface area contributed by atoms with Crippen LogP contribution in [0.4, 0.5) is 10.5 Å². The normalized spacial score (nSPS) is 11.6. The molecule has 0 spiro atoms. The van der Waals surface area contributed by atoms with Gasteiger partial charge in [0.05, 0.1) is 15.7 Å². The molecule has 0 heterocycles. The molecule has 1 aromatic rings. The molecule has 0 radical (unpaired) electrons. The van der Waals surface area contributed by atoms with E-state index >= 15 is 0 Å². The monoisotopic (exact) mass is 324 g/mol. The number of nitrogens with one attached hydrogen (secondary N) is 3. The van der Waals surface area contributed by atoms with Gasteiger partial charge < -0.3 is 11.1 Å². The molecule has 1 aromatic carbocycles. The number of hydrogen-bond acceptors (Lipinski definition) is 3. The molecule has 1 atom stereocenters. The number of rotatable bonds is 4. The fourth-order valence-electron chi connectivity index (χ4n) is 1.17. The molecule has 6 nitrogen and oxygen atoms in total. The van der Waals surface area contributed by atoms with E-state index in [0.29, 0.717) is 10.7 Å². The summed E-state index contributed by atoms with van der Waals surface area (Å²) in [5, 5.41) is 3.08. The number of carbonyl (C=O) groups excluding carboxylic acids is 2. The van der Waals surface area contributed by atoms with Crippen molar-refractivity contribution in [1.29, 1.82) is 0 Å².